The van der Waals surface area contributed by atoms with Crippen LogP contribution in [0.3, 0.4) is 0 Å². The van der Waals surface area contributed by atoms with Crippen LogP contribution in [0, 0.1) is 0 Å². The zero-order chi connectivity index (χ0) is 15.2. The van der Waals surface area contributed by atoms with Crippen LogP contribution in [-0.2, 0) is 4.74 Å². The van der Waals surface area contributed by atoms with Crippen molar-refractivity contribution in [2.45, 2.75) is 38.6 Å². The number of alkyl carbamates (subject to hydrolysis) is 1. The molecule has 0 aliphatic heterocycles. The van der Waals surface area contributed by atoms with Crippen molar-refractivity contribution in [1.82, 2.24) is 5.32 Å². The largest absolute Gasteiger partial charge is 0.449 e. The molecule has 1 unspecified atom stereocenters. The highest BCUT2D eigenvalue weighted by Crippen LogP contribution is 2.23. The van der Waals surface area contributed by atoms with Gasteiger partial charge in [-0.1, -0.05) is 29.8 Å². The van der Waals surface area contributed by atoms with E-state index in [1.165, 1.54) is 0 Å². The Hall–Kier alpha value is -1.48. The molecule has 110 valence electrons. The Morgan fingerprint density at radius 3 is 2.75 bits per heavy atom. The fourth-order valence-corrected chi connectivity index (χ4v) is 1.98. The smallest absolute Gasteiger partial charge is 0.407 e. The molecule has 20 heavy (non-hydrogen) atoms. The molecule has 1 rings (SSSR count). The van der Waals surface area contributed by atoms with E-state index in [4.69, 9.17) is 16.3 Å². The Morgan fingerprint density at radius 1 is 1.50 bits per heavy atom. The molecule has 0 radical (unpaired) electrons. The maximum Gasteiger partial charge on any atom is 0.407 e. The molecule has 0 aliphatic rings. The van der Waals surface area contributed by atoms with E-state index in [9.17, 15) is 4.79 Å². The summed E-state index contributed by atoms with van der Waals surface area (Å²) in [7, 11) is 0. The van der Waals surface area contributed by atoms with Crippen LogP contribution in [0.2, 0.25) is 5.02 Å². The highest BCUT2D eigenvalue weighted by Gasteiger charge is 2.17. The van der Waals surface area contributed by atoms with E-state index in [1.807, 2.05) is 51.1 Å². The van der Waals surface area contributed by atoms with Crippen LogP contribution >= 0.6 is 11.6 Å². The van der Waals surface area contributed by atoms with Crippen molar-refractivity contribution >= 4 is 17.7 Å². The molecule has 1 atom stereocenters. The molecule has 1 aromatic carbocycles. The lowest BCUT2D eigenvalue weighted by Crippen LogP contribution is -2.41. The summed E-state index contributed by atoms with van der Waals surface area (Å²) < 4.78 is 5.29. The number of amides is 1. The standard InChI is InChI=1S/C16H22ClNO2/c1-5-7-13(12-8-6-9-14(17)10-12)11-20-15(19)18-16(2,3)4/h5-6,8-10,13H,1,7,11H2,2-4H3,(H,18,19). The number of rotatable bonds is 5. The van der Waals surface area contributed by atoms with Gasteiger partial charge in [0.05, 0.1) is 0 Å². The van der Waals surface area contributed by atoms with E-state index in [-0.39, 0.29) is 11.5 Å². The molecule has 0 bridgehead atoms. The fraction of sp³-hybridized carbons (Fsp3) is 0.438. The van der Waals surface area contributed by atoms with Crippen molar-refractivity contribution in [1.29, 1.82) is 0 Å². The van der Waals surface area contributed by atoms with Gasteiger partial charge in [0.25, 0.3) is 0 Å². The third-order valence-corrected chi connectivity index (χ3v) is 2.90. The number of hydrogen-bond donors (Lipinski definition) is 1. The molecule has 3 nitrogen and oxygen atoms in total. The maximum absolute atomic E-state index is 11.7. The number of benzene rings is 1. The average molecular weight is 296 g/mol. The molecule has 1 amide bonds. The zero-order valence-corrected chi connectivity index (χ0v) is 13.0. The summed E-state index contributed by atoms with van der Waals surface area (Å²) in [6.07, 6.45) is 2.13. The lowest BCUT2D eigenvalue weighted by Gasteiger charge is -2.22. The normalized spacial score (nSPS) is 12.6. The van der Waals surface area contributed by atoms with Crippen LogP contribution < -0.4 is 5.32 Å². The molecular formula is C16H22ClNO2. The van der Waals surface area contributed by atoms with Crippen LogP contribution in [0.4, 0.5) is 4.79 Å². The highest BCUT2D eigenvalue weighted by atomic mass is 35.5. The predicted octanol–water partition coefficient (Wildman–Crippen LogP) is 4.52. The summed E-state index contributed by atoms with van der Waals surface area (Å²) in [5.41, 5.74) is 0.738. The highest BCUT2D eigenvalue weighted by molar-refractivity contribution is 6.30. The molecule has 4 heteroatoms. The van der Waals surface area contributed by atoms with Gasteiger partial charge in [-0.05, 0) is 44.9 Å². The predicted molar refractivity (Wildman–Crippen MR) is 83.2 cm³/mol. The van der Waals surface area contributed by atoms with Crippen molar-refractivity contribution < 1.29 is 9.53 Å². The van der Waals surface area contributed by atoms with Crippen molar-refractivity contribution in [2.75, 3.05) is 6.61 Å². The van der Waals surface area contributed by atoms with Crippen LogP contribution in [0.15, 0.2) is 36.9 Å². The second-order valence-corrected chi connectivity index (χ2v) is 6.19. The maximum atomic E-state index is 11.7. The first-order valence-corrected chi connectivity index (χ1v) is 7.01. The van der Waals surface area contributed by atoms with Crippen LogP contribution in [-0.4, -0.2) is 18.2 Å². The number of carbonyl (C=O) groups excluding carboxylic acids is 1. The monoisotopic (exact) mass is 295 g/mol. The Labute approximate surface area is 126 Å². The van der Waals surface area contributed by atoms with Gasteiger partial charge in [0, 0.05) is 16.5 Å². The van der Waals surface area contributed by atoms with Crippen molar-refractivity contribution in [3.05, 3.63) is 47.5 Å². The van der Waals surface area contributed by atoms with E-state index < -0.39 is 6.09 Å². The van der Waals surface area contributed by atoms with E-state index in [0.29, 0.717) is 11.6 Å². The summed E-state index contributed by atoms with van der Waals surface area (Å²) in [6.45, 7) is 9.77. The van der Waals surface area contributed by atoms with Gasteiger partial charge >= 0.3 is 6.09 Å². The van der Waals surface area contributed by atoms with Gasteiger partial charge in [0.2, 0.25) is 0 Å². The van der Waals surface area contributed by atoms with Crippen molar-refractivity contribution in [3.8, 4) is 0 Å². The van der Waals surface area contributed by atoms with E-state index in [0.717, 1.165) is 12.0 Å². The summed E-state index contributed by atoms with van der Waals surface area (Å²) >= 11 is 5.99. The lowest BCUT2D eigenvalue weighted by molar-refractivity contribution is 0.130. The molecule has 0 spiro atoms. The number of hydrogen-bond acceptors (Lipinski definition) is 2. The minimum atomic E-state index is -0.409. The molecular weight excluding hydrogens is 274 g/mol. The Morgan fingerprint density at radius 2 is 2.20 bits per heavy atom. The molecule has 0 saturated heterocycles. The first-order chi connectivity index (χ1) is 9.31. The van der Waals surface area contributed by atoms with Crippen molar-refractivity contribution in [3.63, 3.8) is 0 Å². The van der Waals surface area contributed by atoms with Gasteiger partial charge in [-0.3, -0.25) is 0 Å². The van der Waals surface area contributed by atoms with Crippen LogP contribution in [0.25, 0.3) is 0 Å². The fourth-order valence-electron chi connectivity index (χ4n) is 1.78. The summed E-state index contributed by atoms with van der Waals surface area (Å²) in [4.78, 5) is 11.7. The average Bonchev–Trinajstić information content (AvgIpc) is 2.32. The Bertz CT molecular complexity index is 466. The quantitative estimate of drug-likeness (QED) is 0.811. The summed E-state index contributed by atoms with van der Waals surface area (Å²) in [6, 6.07) is 7.58. The number of ether oxygens (including phenoxy) is 1. The van der Waals surface area contributed by atoms with E-state index in [1.54, 1.807) is 0 Å². The molecule has 1 N–H and O–H groups in total. The van der Waals surface area contributed by atoms with Gasteiger partial charge in [-0.25, -0.2) is 4.79 Å². The van der Waals surface area contributed by atoms with Crippen LogP contribution in [0.5, 0.6) is 0 Å². The summed E-state index contributed by atoms with van der Waals surface area (Å²) in [5.74, 6) is 0.0666. The number of allylic oxidation sites excluding steroid dienone is 1. The Kier molecular flexibility index (Phi) is 6.08. The van der Waals surface area contributed by atoms with Gasteiger partial charge < -0.3 is 10.1 Å². The van der Waals surface area contributed by atoms with E-state index >= 15 is 0 Å². The second kappa shape index (κ2) is 7.34. The van der Waals surface area contributed by atoms with Gasteiger partial charge in [0.15, 0.2) is 0 Å². The number of carbonyl (C=O) groups is 1. The topological polar surface area (TPSA) is 38.3 Å². The van der Waals surface area contributed by atoms with Gasteiger partial charge in [-0.2, -0.15) is 0 Å². The lowest BCUT2D eigenvalue weighted by atomic mass is 9.97. The summed E-state index contributed by atoms with van der Waals surface area (Å²) in [5, 5.41) is 3.44. The minimum absolute atomic E-state index is 0.0666. The first-order valence-electron chi connectivity index (χ1n) is 6.63. The molecule has 0 heterocycles. The van der Waals surface area contributed by atoms with Crippen LogP contribution in [0.1, 0.15) is 38.7 Å². The number of halogens is 1. The molecule has 0 aromatic heterocycles. The van der Waals surface area contributed by atoms with Crippen molar-refractivity contribution in [2.24, 2.45) is 0 Å². The Balaban J connectivity index is 2.64. The second-order valence-electron chi connectivity index (χ2n) is 5.75. The van der Waals surface area contributed by atoms with E-state index in [2.05, 4.69) is 11.9 Å². The molecule has 0 saturated carbocycles. The molecule has 0 fully saturated rings. The third kappa shape index (κ3) is 6.11. The zero-order valence-electron chi connectivity index (χ0n) is 12.3. The number of nitrogens with one attached hydrogen (secondary N) is 1. The van der Waals surface area contributed by atoms with Gasteiger partial charge in [-0.15, -0.1) is 6.58 Å². The van der Waals surface area contributed by atoms with Gasteiger partial charge in [0.1, 0.15) is 6.61 Å². The molecule has 1 aromatic rings. The minimum Gasteiger partial charge on any atom is -0.449 e. The molecule has 0 aliphatic carbocycles. The SMILES string of the molecule is C=CCC(COC(=O)NC(C)(C)C)c1cccc(Cl)c1. The third-order valence-electron chi connectivity index (χ3n) is 2.66. The first kappa shape index (κ1) is 16.6.